The van der Waals surface area contributed by atoms with E-state index in [-0.39, 0.29) is 17.2 Å². The Bertz CT molecular complexity index is 921. The van der Waals surface area contributed by atoms with Crippen LogP contribution in [0.15, 0.2) is 58.4 Å². The van der Waals surface area contributed by atoms with Gasteiger partial charge in [-0.1, -0.05) is 18.2 Å². The molecule has 0 spiro atoms. The van der Waals surface area contributed by atoms with E-state index in [1.807, 2.05) is 0 Å². The van der Waals surface area contributed by atoms with Crippen molar-refractivity contribution in [2.24, 2.45) is 4.99 Å². The molecule has 0 aliphatic carbocycles. The van der Waals surface area contributed by atoms with Gasteiger partial charge in [-0.05, 0) is 53.7 Å². The van der Waals surface area contributed by atoms with E-state index in [0.717, 1.165) is 0 Å². The number of aliphatic imine (C=N–C) groups is 1. The third-order valence-corrected chi connectivity index (χ3v) is 4.55. The smallest absolute Gasteiger partial charge is 0.335 e. The highest BCUT2D eigenvalue weighted by Crippen LogP contribution is 2.33. The Kier molecular flexibility index (Phi) is 4.58. The van der Waals surface area contributed by atoms with Crippen molar-refractivity contribution in [1.29, 1.82) is 0 Å². The summed E-state index contributed by atoms with van der Waals surface area (Å²) >= 11 is 1.20. The fourth-order valence-corrected chi connectivity index (χ4v) is 3.22. The maximum Gasteiger partial charge on any atom is 0.335 e. The Morgan fingerprint density at radius 1 is 1.20 bits per heavy atom. The highest BCUT2D eigenvalue weighted by atomic mass is 32.2. The second kappa shape index (κ2) is 6.82. The Labute approximate surface area is 148 Å². The maximum absolute atomic E-state index is 12.4. The average Bonchev–Trinajstić information content (AvgIpc) is 2.83. The number of phenols is 1. The van der Waals surface area contributed by atoms with Crippen molar-refractivity contribution >= 4 is 40.6 Å². The summed E-state index contributed by atoms with van der Waals surface area (Å²) in [5, 5.41) is 19.0. The van der Waals surface area contributed by atoms with Gasteiger partial charge in [0.25, 0.3) is 5.91 Å². The van der Waals surface area contributed by atoms with E-state index in [9.17, 15) is 14.7 Å². The molecule has 7 heteroatoms. The fraction of sp³-hybridized carbons (Fsp3) is 0.0556. The molecule has 1 amide bonds. The second-order valence-electron chi connectivity index (χ2n) is 5.32. The number of carbonyl (C=O) groups excluding carboxylic acids is 1. The number of amidine groups is 1. The minimum absolute atomic E-state index is 0.123. The number of carboxylic acid groups (broad SMARTS) is 1. The summed E-state index contributed by atoms with van der Waals surface area (Å²) in [6.45, 7) is 0. The minimum atomic E-state index is -1.03. The Morgan fingerprint density at radius 2 is 1.96 bits per heavy atom. The Hall–Kier alpha value is -3.06. The minimum Gasteiger partial charge on any atom is -0.508 e. The van der Waals surface area contributed by atoms with Crippen LogP contribution in [0.3, 0.4) is 0 Å². The van der Waals surface area contributed by atoms with Gasteiger partial charge in [0.1, 0.15) is 5.75 Å². The zero-order valence-electron chi connectivity index (χ0n) is 13.2. The third kappa shape index (κ3) is 3.72. The lowest BCUT2D eigenvalue weighted by atomic mass is 10.2. The Balaban J connectivity index is 1.91. The van der Waals surface area contributed by atoms with E-state index in [1.54, 1.807) is 49.5 Å². The van der Waals surface area contributed by atoms with Crippen LogP contribution >= 0.6 is 11.8 Å². The van der Waals surface area contributed by atoms with Crippen molar-refractivity contribution < 1.29 is 19.8 Å². The highest BCUT2D eigenvalue weighted by Gasteiger charge is 2.30. The molecule has 1 aliphatic rings. The second-order valence-corrected chi connectivity index (χ2v) is 6.33. The largest absolute Gasteiger partial charge is 0.508 e. The Morgan fingerprint density at radius 3 is 2.68 bits per heavy atom. The molecule has 1 saturated heterocycles. The highest BCUT2D eigenvalue weighted by molar-refractivity contribution is 8.18. The molecule has 1 aliphatic heterocycles. The van der Waals surface area contributed by atoms with Gasteiger partial charge in [0.15, 0.2) is 5.17 Å². The lowest BCUT2D eigenvalue weighted by Gasteiger charge is -2.07. The SMILES string of the molecule is CN1C(=O)/C(=C\c2cccc(O)c2)SC1=Nc1cccc(C(=O)O)c1. The molecule has 126 valence electrons. The molecule has 0 bridgehead atoms. The molecular formula is C18H14N2O4S. The van der Waals surface area contributed by atoms with Gasteiger partial charge in [-0.25, -0.2) is 9.79 Å². The monoisotopic (exact) mass is 354 g/mol. The van der Waals surface area contributed by atoms with Crippen molar-refractivity contribution in [3.05, 3.63) is 64.6 Å². The lowest BCUT2D eigenvalue weighted by molar-refractivity contribution is -0.121. The van der Waals surface area contributed by atoms with Gasteiger partial charge in [-0.15, -0.1) is 0 Å². The number of likely N-dealkylation sites (N-methyl/N-ethyl adjacent to an activating group) is 1. The molecule has 2 aromatic rings. The van der Waals surface area contributed by atoms with E-state index in [0.29, 0.717) is 21.3 Å². The molecule has 0 aromatic heterocycles. The van der Waals surface area contributed by atoms with Crippen molar-refractivity contribution in [2.45, 2.75) is 0 Å². The summed E-state index contributed by atoms with van der Waals surface area (Å²) in [5.74, 6) is -1.12. The number of carboxylic acids is 1. The van der Waals surface area contributed by atoms with Crippen molar-refractivity contribution in [3.8, 4) is 5.75 Å². The van der Waals surface area contributed by atoms with Crippen LogP contribution in [0, 0.1) is 0 Å². The number of amides is 1. The van der Waals surface area contributed by atoms with Crippen molar-refractivity contribution in [2.75, 3.05) is 7.05 Å². The maximum atomic E-state index is 12.4. The molecule has 1 heterocycles. The number of thioether (sulfide) groups is 1. The van der Waals surface area contributed by atoms with Gasteiger partial charge >= 0.3 is 5.97 Å². The van der Waals surface area contributed by atoms with Crippen LogP contribution in [-0.2, 0) is 4.79 Å². The molecule has 0 radical (unpaired) electrons. The van der Waals surface area contributed by atoms with E-state index < -0.39 is 5.97 Å². The van der Waals surface area contributed by atoms with Crippen LogP contribution in [-0.4, -0.2) is 39.2 Å². The molecule has 3 rings (SSSR count). The van der Waals surface area contributed by atoms with Gasteiger partial charge in [-0.3, -0.25) is 9.69 Å². The third-order valence-electron chi connectivity index (χ3n) is 3.49. The summed E-state index contributed by atoms with van der Waals surface area (Å²) in [4.78, 5) is 29.7. The van der Waals surface area contributed by atoms with E-state index in [1.165, 1.54) is 28.8 Å². The number of hydrogen-bond donors (Lipinski definition) is 2. The summed E-state index contributed by atoms with van der Waals surface area (Å²) < 4.78 is 0. The molecule has 6 nitrogen and oxygen atoms in total. The van der Waals surface area contributed by atoms with E-state index in [2.05, 4.69) is 4.99 Å². The lowest BCUT2D eigenvalue weighted by Crippen LogP contribution is -2.23. The van der Waals surface area contributed by atoms with Gasteiger partial charge in [0.2, 0.25) is 0 Å². The summed E-state index contributed by atoms with van der Waals surface area (Å²) in [6.07, 6.45) is 1.68. The number of hydrogen-bond acceptors (Lipinski definition) is 5. The van der Waals surface area contributed by atoms with Crippen LogP contribution < -0.4 is 0 Å². The molecule has 2 aromatic carbocycles. The van der Waals surface area contributed by atoms with Crippen LogP contribution in [0.4, 0.5) is 5.69 Å². The first-order valence-corrected chi connectivity index (χ1v) is 8.14. The molecule has 0 unspecified atom stereocenters. The first-order valence-electron chi connectivity index (χ1n) is 7.33. The predicted molar refractivity (Wildman–Crippen MR) is 96.9 cm³/mol. The predicted octanol–water partition coefficient (Wildman–Crippen LogP) is 3.32. The zero-order valence-corrected chi connectivity index (χ0v) is 14.0. The molecule has 2 N–H and O–H groups in total. The number of carbonyl (C=O) groups is 2. The number of rotatable bonds is 3. The first-order chi connectivity index (χ1) is 11.9. The van der Waals surface area contributed by atoms with Gasteiger partial charge in [0.05, 0.1) is 16.2 Å². The number of aromatic carboxylic acids is 1. The summed E-state index contributed by atoms with van der Waals surface area (Å²) in [7, 11) is 1.61. The zero-order chi connectivity index (χ0) is 18.0. The number of aromatic hydroxyl groups is 1. The average molecular weight is 354 g/mol. The van der Waals surface area contributed by atoms with Crippen LogP contribution in [0.5, 0.6) is 5.75 Å². The standard InChI is InChI=1S/C18H14N2O4S/c1-20-16(22)15(9-11-4-2-7-14(21)8-11)25-18(20)19-13-6-3-5-12(10-13)17(23)24/h2-10,21H,1H3,(H,23,24)/b15-9+,19-18?. The summed E-state index contributed by atoms with van der Waals surface area (Å²) in [5.41, 5.74) is 1.30. The van der Waals surface area contributed by atoms with Crippen molar-refractivity contribution in [3.63, 3.8) is 0 Å². The van der Waals surface area contributed by atoms with Gasteiger partial charge in [-0.2, -0.15) is 0 Å². The van der Waals surface area contributed by atoms with Crippen LogP contribution in [0.1, 0.15) is 15.9 Å². The quantitative estimate of drug-likeness (QED) is 0.825. The van der Waals surface area contributed by atoms with Crippen LogP contribution in [0.2, 0.25) is 0 Å². The van der Waals surface area contributed by atoms with Crippen LogP contribution in [0.25, 0.3) is 6.08 Å². The molecule has 25 heavy (non-hydrogen) atoms. The number of phenolic OH excluding ortho intramolecular Hbond substituents is 1. The normalized spacial score (nSPS) is 17.5. The molecular weight excluding hydrogens is 340 g/mol. The van der Waals surface area contributed by atoms with E-state index in [4.69, 9.17) is 5.11 Å². The fourth-order valence-electron chi connectivity index (χ4n) is 2.24. The molecule has 1 fully saturated rings. The van der Waals surface area contributed by atoms with E-state index >= 15 is 0 Å². The summed E-state index contributed by atoms with van der Waals surface area (Å²) in [6, 6.07) is 12.8. The number of nitrogens with zero attached hydrogens (tertiary/aromatic N) is 2. The molecule has 0 saturated carbocycles. The molecule has 0 atom stereocenters. The topological polar surface area (TPSA) is 90.2 Å². The first kappa shape index (κ1) is 16.8. The van der Waals surface area contributed by atoms with Gasteiger partial charge < -0.3 is 10.2 Å². The van der Waals surface area contributed by atoms with Gasteiger partial charge in [0, 0.05) is 7.05 Å². The number of benzene rings is 2. The van der Waals surface area contributed by atoms with Crippen molar-refractivity contribution in [1.82, 2.24) is 4.90 Å².